The van der Waals surface area contributed by atoms with Gasteiger partial charge in [-0.1, -0.05) is 12.1 Å². The molecule has 2 aromatic carbocycles. The van der Waals surface area contributed by atoms with Gasteiger partial charge in [-0.25, -0.2) is 4.79 Å². The van der Waals surface area contributed by atoms with Crippen LogP contribution in [0, 0.1) is 0 Å². The molecule has 0 aliphatic carbocycles. The third kappa shape index (κ3) is 7.02. The van der Waals surface area contributed by atoms with Crippen molar-refractivity contribution in [2.75, 3.05) is 14.2 Å². The lowest BCUT2D eigenvalue weighted by molar-refractivity contribution is -0.274. The fraction of sp³-hybridized carbons (Fsp3) is 0.280. The molecule has 1 heterocycles. The van der Waals surface area contributed by atoms with Crippen LogP contribution in [0.1, 0.15) is 24.9 Å². The van der Waals surface area contributed by atoms with E-state index in [1.165, 1.54) is 55.5 Å². The fourth-order valence-electron chi connectivity index (χ4n) is 3.75. The number of methoxy groups -OCH3 is 1. The van der Waals surface area contributed by atoms with Gasteiger partial charge in [-0.3, -0.25) is 14.4 Å². The van der Waals surface area contributed by atoms with E-state index in [1.54, 1.807) is 6.92 Å². The number of rotatable bonds is 8. The summed E-state index contributed by atoms with van der Waals surface area (Å²) in [6.45, 7) is 1.56. The lowest BCUT2D eigenvalue weighted by Gasteiger charge is -2.28. The Morgan fingerprint density at radius 3 is 2.42 bits per heavy atom. The largest absolute Gasteiger partial charge is 0.573 e. The Labute approximate surface area is 215 Å². The minimum Gasteiger partial charge on any atom is -0.497 e. The van der Waals surface area contributed by atoms with Crippen molar-refractivity contribution in [3.8, 4) is 22.6 Å². The number of hydrogen-bond donors (Lipinski definition) is 3. The molecule has 0 radical (unpaired) electrons. The number of halogens is 3. The second-order valence-corrected chi connectivity index (χ2v) is 8.36. The first-order chi connectivity index (χ1) is 17.8. The maximum Gasteiger partial charge on any atom is 0.573 e. The summed E-state index contributed by atoms with van der Waals surface area (Å²) in [4.78, 5) is 50.2. The number of aliphatic carboxylic acids is 1. The van der Waals surface area contributed by atoms with Gasteiger partial charge in [-0.05, 0) is 53.9 Å². The molecule has 2 aromatic rings. The number of benzene rings is 2. The van der Waals surface area contributed by atoms with Crippen molar-refractivity contribution < 1.29 is 46.9 Å². The number of ketones is 1. The zero-order valence-electron chi connectivity index (χ0n) is 20.5. The molecule has 1 aliphatic rings. The quantitative estimate of drug-likeness (QED) is 0.441. The maximum absolute atomic E-state index is 12.7. The summed E-state index contributed by atoms with van der Waals surface area (Å²) in [5.74, 6) is -2.81. The molecule has 2 unspecified atom stereocenters. The highest BCUT2D eigenvalue weighted by molar-refractivity contribution is 6.15. The number of carbonyl (C=O) groups excluding carboxylic acids is 3. The zero-order valence-corrected chi connectivity index (χ0v) is 20.5. The predicted octanol–water partition coefficient (Wildman–Crippen LogP) is 3.39. The van der Waals surface area contributed by atoms with E-state index >= 15 is 0 Å². The molecular weight excluding hydrogens is 511 g/mol. The Morgan fingerprint density at radius 1 is 1.11 bits per heavy atom. The number of carbonyl (C=O) groups is 4. The number of alkyl halides is 3. The van der Waals surface area contributed by atoms with Gasteiger partial charge in [0.2, 0.25) is 0 Å². The second kappa shape index (κ2) is 11.2. The third-order valence-corrected chi connectivity index (χ3v) is 5.67. The number of nitrogens with one attached hydrogen (secondary N) is 2. The van der Waals surface area contributed by atoms with Crippen LogP contribution >= 0.6 is 0 Å². The van der Waals surface area contributed by atoms with Gasteiger partial charge >= 0.3 is 18.4 Å². The van der Waals surface area contributed by atoms with E-state index in [0.717, 1.165) is 12.1 Å². The lowest BCUT2D eigenvalue weighted by Crippen LogP contribution is -2.56. The van der Waals surface area contributed by atoms with Crippen LogP contribution in [0.2, 0.25) is 0 Å². The molecule has 0 spiro atoms. The number of carboxylic acid groups (broad SMARTS) is 1. The Balaban J connectivity index is 1.91. The molecule has 0 fully saturated rings. The van der Waals surface area contributed by atoms with E-state index in [2.05, 4.69) is 15.4 Å². The maximum atomic E-state index is 12.7. The molecule has 0 saturated carbocycles. The summed E-state index contributed by atoms with van der Waals surface area (Å²) >= 11 is 0. The Bertz CT molecular complexity index is 1290. The van der Waals surface area contributed by atoms with Crippen molar-refractivity contribution in [3.63, 3.8) is 0 Å². The van der Waals surface area contributed by atoms with E-state index in [1.807, 2.05) is 0 Å². The number of amides is 3. The number of likely N-dealkylation sites (N-methyl/N-ethyl adjacent to an activating group) is 1. The van der Waals surface area contributed by atoms with Crippen LogP contribution in [-0.4, -0.2) is 60.3 Å². The van der Waals surface area contributed by atoms with Gasteiger partial charge in [0.25, 0.3) is 5.91 Å². The van der Waals surface area contributed by atoms with Crippen molar-refractivity contribution >= 4 is 23.7 Å². The van der Waals surface area contributed by atoms with Crippen LogP contribution in [0.4, 0.5) is 18.0 Å². The minimum absolute atomic E-state index is 0.233. The van der Waals surface area contributed by atoms with Crippen molar-refractivity contribution in [3.05, 3.63) is 59.8 Å². The monoisotopic (exact) mass is 535 g/mol. The highest BCUT2D eigenvalue weighted by Gasteiger charge is 2.35. The molecule has 0 aromatic heterocycles. The first-order valence-electron chi connectivity index (χ1n) is 11.1. The lowest BCUT2D eigenvalue weighted by atomic mass is 9.97. The first kappa shape index (κ1) is 28.0. The summed E-state index contributed by atoms with van der Waals surface area (Å²) in [7, 11) is 2.78. The van der Waals surface area contributed by atoms with Crippen LogP contribution in [-0.2, 0) is 14.4 Å². The average Bonchev–Trinajstić information content (AvgIpc) is 2.83. The Hall–Kier alpha value is -4.55. The molecule has 0 bridgehead atoms. The minimum atomic E-state index is -4.90. The van der Waals surface area contributed by atoms with Crippen molar-refractivity contribution in [2.24, 2.45) is 0 Å². The topological polar surface area (TPSA) is 134 Å². The van der Waals surface area contributed by atoms with Gasteiger partial charge in [0.1, 0.15) is 11.5 Å². The Kier molecular flexibility index (Phi) is 8.29. The molecule has 3 rings (SSSR count). The van der Waals surface area contributed by atoms with Crippen LogP contribution < -0.4 is 20.1 Å². The number of urea groups is 1. The van der Waals surface area contributed by atoms with Gasteiger partial charge in [0.15, 0.2) is 11.8 Å². The number of hydrogen-bond acceptors (Lipinski definition) is 6. The van der Waals surface area contributed by atoms with Crippen LogP contribution in [0.3, 0.4) is 0 Å². The Morgan fingerprint density at radius 2 is 1.79 bits per heavy atom. The van der Waals surface area contributed by atoms with E-state index in [-0.39, 0.29) is 11.3 Å². The summed E-state index contributed by atoms with van der Waals surface area (Å²) in [5, 5.41) is 14.1. The number of carboxylic acids is 1. The molecule has 0 saturated heterocycles. The van der Waals surface area contributed by atoms with E-state index in [9.17, 15) is 37.5 Å². The molecule has 10 nitrogen and oxygen atoms in total. The summed E-state index contributed by atoms with van der Waals surface area (Å²) in [5.41, 5.74) is 1.29. The predicted molar refractivity (Wildman–Crippen MR) is 127 cm³/mol. The molecule has 1 aliphatic heterocycles. The van der Waals surface area contributed by atoms with Gasteiger partial charge in [-0.15, -0.1) is 13.2 Å². The average molecular weight is 535 g/mol. The molecule has 202 valence electrons. The van der Waals surface area contributed by atoms with Crippen molar-refractivity contribution in [1.29, 1.82) is 0 Å². The number of ether oxygens (including phenoxy) is 2. The van der Waals surface area contributed by atoms with E-state index in [0.29, 0.717) is 16.8 Å². The summed E-state index contributed by atoms with van der Waals surface area (Å²) in [6, 6.07) is 5.92. The molecule has 38 heavy (non-hydrogen) atoms. The van der Waals surface area contributed by atoms with Crippen molar-refractivity contribution in [2.45, 2.75) is 31.8 Å². The first-order valence-corrected chi connectivity index (χ1v) is 11.1. The van der Waals surface area contributed by atoms with Gasteiger partial charge in [0, 0.05) is 18.8 Å². The highest BCUT2D eigenvalue weighted by atomic mass is 19.4. The summed E-state index contributed by atoms with van der Waals surface area (Å²) in [6.07, 6.45) is -4.29. The normalized spacial score (nSPS) is 16.4. The van der Waals surface area contributed by atoms with Crippen molar-refractivity contribution in [1.82, 2.24) is 15.5 Å². The fourth-order valence-corrected chi connectivity index (χ4v) is 3.75. The molecule has 13 heteroatoms. The third-order valence-electron chi connectivity index (χ3n) is 5.67. The SMILES string of the molecule is COc1cc(-c2cccc(OC(F)(F)F)c2)cc(C(CC(=O)O)NC(=O)NC2C(=O)C=C(C)N(C)C2=O)c1. The number of allylic oxidation sites excluding steroid dienone is 1. The molecule has 2 atom stereocenters. The van der Waals surface area contributed by atoms with Gasteiger partial charge in [0.05, 0.1) is 19.6 Å². The zero-order chi connectivity index (χ0) is 28.2. The number of nitrogens with zero attached hydrogens (tertiary/aromatic N) is 1. The molecule has 3 amide bonds. The van der Waals surface area contributed by atoms with E-state index in [4.69, 9.17) is 4.74 Å². The van der Waals surface area contributed by atoms with Crippen LogP contribution in [0.25, 0.3) is 11.1 Å². The molecular formula is C25H24F3N3O7. The standard InChI is InChI=1S/C25H24F3N3O7/c1-13-7-20(32)22(23(35)31(13)2)30-24(36)29-19(12-21(33)34)16-8-15(10-18(11-16)37-3)14-5-4-6-17(9-14)38-25(26,27)28/h4-11,19,22H,12H2,1-3H3,(H,33,34)(H2,29,30,36). The smallest absolute Gasteiger partial charge is 0.497 e. The van der Waals surface area contributed by atoms with Crippen LogP contribution in [0.5, 0.6) is 11.5 Å². The van der Waals surface area contributed by atoms with Crippen LogP contribution in [0.15, 0.2) is 54.2 Å². The van der Waals surface area contributed by atoms with Gasteiger partial charge < -0.3 is 30.1 Å². The van der Waals surface area contributed by atoms with E-state index < -0.39 is 54.3 Å². The highest BCUT2D eigenvalue weighted by Crippen LogP contribution is 2.33. The van der Waals surface area contributed by atoms with Gasteiger partial charge in [-0.2, -0.15) is 0 Å². The summed E-state index contributed by atoms with van der Waals surface area (Å²) < 4.78 is 47.3. The molecule has 3 N–H and O–H groups in total. The second-order valence-electron chi connectivity index (χ2n) is 8.36.